The summed E-state index contributed by atoms with van der Waals surface area (Å²) >= 11 is 0. The second-order valence-electron chi connectivity index (χ2n) is 6.18. The number of fused-ring (bicyclic) bond motifs is 1. The quantitative estimate of drug-likeness (QED) is 0.602. The van der Waals surface area contributed by atoms with Crippen molar-refractivity contribution >= 4 is 11.0 Å². The number of aromatic amines is 1. The van der Waals surface area contributed by atoms with Gasteiger partial charge in [-0.3, -0.25) is 4.68 Å². The maximum atomic E-state index is 9.15. The van der Waals surface area contributed by atoms with Crippen LogP contribution in [0, 0.1) is 25.2 Å². The highest BCUT2D eigenvalue weighted by molar-refractivity contribution is 5.96. The summed E-state index contributed by atoms with van der Waals surface area (Å²) in [4.78, 5) is 7.80. The number of aryl methyl sites for hydroxylation is 2. The molecule has 122 valence electrons. The van der Waals surface area contributed by atoms with Crippen molar-refractivity contribution < 1.29 is 0 Å². The minimum Gasteiger partial charge on any atom is -0.346 e. The van der Waals surface area contributed by atoms with Crippen molar-refractivity contribution in [3.8, 4) is 28.3 Å². The Morgan fingerprint density at radius 1 is 1.16 bits per heavy atom. The normalized spacial score (nSPS) is 11.0. The van der Waals surface area contributed by atoms with E-state index in [-0.39, 0.29) is 0 Å². The molecule has 0 saturated carbocycles. The van der Waals surface area contributed by atoms with Crippen molar-refractivity contribution in [1.29, 1.82) is 5.26 Å². The van der Waals surface area contributed by atoms with E-state index in [1.54, 1.807) is 0 Å². The smallest absolute Gasteiger partial charge is 0.137 e. The fourth-order valence-corrected chi connectivity index (χ4v) is 3.33. The van der Waals surface area contributed by atoms with Crippen LogP contribution in [0.15, 0.2) is 42.7 Å². The van der Waals surface area contributed by atoms with Crippen LogP contribution in [0.1, 0.15) is 17.0 Å². The molecule has 3 heterocycles. The first-order chi connectivity index (χ1) is 12.1. The predicted octanol–water partition coefficient (Wildman–Crippen LogP) is 4.12. The molecule has 25 heavy (non-hydrogen) atoms. The van der Waals surface area contributed by atoms with E-state index in [9.17, 15) is 0 Å². The van der Waals surface area contributed by atoms with Crippen LogP contribution < -0.4 is 0 Å². The fraction of sp³-hybridized carbons (Fsp3) is 0.150. The van der Waals surface area contributed by atoms with E-state index in [2.05, 4.69) is 34.1 Å². The topological polar surface area (TPSA) is 70.3 Å². The van der Waals surface area contributed by atoms with Crippen LogP contribution in [0.2, 0.25) is 0 Å². The summed E-state index contributed by atoms with van der Waals surface area (Å²) < 4.78 is 1.89. The number of H-pyrrole nitrogens is 1. The highest BCUT2D eigenvalue weighted by Gasteiger charge is 2.15. The van der Waals surface area contributed by atoms with Gasteiger partial charge in [-0.15, -0.1) is 0 Å². The monoisotopic (exact) mass is 327 g/mol. The molecule has 0 aliphatic carbocycles. The Labute approximate surface area is 145 Å². The second kappa shape index (κ2) is 5.60. The van der Waals surface area contributed by atoms with Crippen molar-refractivity contribution in [2.24, 2.45) is 7.05 Å². The standard InChI is InChI=1S/C20H17N5/c1-12-19(13(2)25(3)24-12)16-8-17-18(11-23-20(17)22-10-16)15-6-4-5-14(7-15)9-21/h4-8,10-11H,1-3H3,(H,22,23). The lowest BCUT2D eigenvalue weighted by molar-refractivity contribution is 0.731. The van der Waals surface area contributed by atoms with Gasteiger partial charge in [-0.2, -0.15) is 10.4 Å². The SMILES string of the molecule is Cc1nn(C)c(C)c1-c1cnc2[nH]cc(-c3cccc(C#N)c3)c2c1. The van der Waals surface area contributed by atoms with Crippen LogP contribution in [0.25, 0.3) is 33.3 Å². The van der Waals surface area contributed by atoms with Gasteiger partial charge in [-0.25, -0.2) is 4.98 Å². The van der Waals surface area contributed by atoms with E-state index in [1.165, 1.54) is 0 Å². The van der Waals surface area contributed by atoms with Gasteiger partial charge in [0, 0.05) is 47.2 Å². The highest BCUT2D eigenvalue weighted by atomic mass is 15.3. The molecule has 0 spiro atoms. The summed E-state index contributed by atoms with van der Waals surface area (Å²) in [6.45, 7) is 4.08. The molecule has 5 nitrogen and oxygen atoms in total. The number of hydrogen-bond donors (Lipinski definition) is 1. The molecule has 0 radical (unpaired) electrons. The lowest BCUT2D eigenvalue weighted by atomic mass is 10.0. The van der Waals surface area contributed by atoms with E-state index >= 15 is 0 Å². The molecule has 4 rings (SSSR count). The molecule has 0 amide bonds. The van der Waals surface area contributed by atoms with Gasteiger partial charge in [-0.1, -0.05) is 12.1 Å². The Hall–Kier alpha value is -3.39. The Kier molecular flexibility index (Phi) is 3.40. The molecule has 0 fully saturated rings. The molecular formula is C20H17N5. The zero-order valence-corrected chi connectivity index (χ0v) is 14.3. The Morgan fingerprint density at radius 2 is 2.00 bits per heavy atom. The Morgan fingerprint density at radius 3 is 2.72 bits per heavy atom. The Bertz CT molecular complexity index is 1140. The van der Waals surface area contributed by atoms with Crippen LogP contribution in [0.5, 0.6) is 0 Å². The lowest BCUT2D eigenvalue weighted by Crippen LogP contribution is -1.92. The predicted molar refractivity (Wildman–Crippen MR) is 97.9 cm³/mol. The van der Waals surface area contributed by atoms with Crippen molar-refractivity contribution in [2.75, 3.05) is 0 Å². The molecule has 0 bridgehead atoms. The van der Waals surface area contributed by atoms with Gasteiger partial charge in [0.15, 0.2) is 0 Å². The minimum atomic E-state index is 0.648. The molecule has 0 saturated heterocycles. The minimum absolute atomic E-state index is 0.648. The van der Waals surface area contributed by atoms with Crippen LogP contribution in [0.4, 0.5) is 0 Å². The van der Waals surface area contributed by atoms with E-state index in [0.717, 1.165) is 44.7 Å². The zero-order valence-electron chi connectivity index (χ0n) is 14.3. The molecular weight excluding hydrogens is 310 g/mol. The van der Waals surface area contributed by atoms with E-state index < -0.39 is 0 Å². The third-order valence-corrected chi connectivity index (χ3v) is 4.63. The highest BCUT2D eigenvalue weighted by Crippen LogP contribution is 2.33. The van der Waals surface area contributed by atoms with Gasteiger partial charge < -0.3 is 4.98 Å². The zero-order chi connectivity index (χ0) is 17.6. The summed E-state index contributed by atoms with van der Waals surface area (Å²) in [5.41, 5.74) is 7.80. The summed E-state index contributed by atoms with van der Waals surface area (Å²) in [6, 6.07) is 12.0. The molecule has 1 aromatic carbocycles. The summed E-state index contributed by atoms with van der Waals surface area (Å²) in [6.07, 6.45) is 3.83. The molecule has 5 heteroatoms. The van der Waals surface area contributed by atoms with Crippen LogP contribution in [-0.2, 0) is 7.05 Å². The van der Waals surface area contributed by atoms with Gasteiger partial charge in [0.1, 0.15) is 5.65 Å². The number of nitrogens with one attached hydrogen (secondary N) is 1. The number of nitrogens with zero attached hydrogens (tertiary/aromatic N) is 4. The van der Waals surface area contributed by atoms with E-state index in [0.29, 0.717) is 5.56 Å². The molecule has 3 aromatic heterocycles. The average Bonchev–Trinajstić information content (AvgIpc) is 3.15. The second-order valence-corrected chi connectivity index (χ2v) is 6.18. The third kappa shape index (κ3) is 2.39. The number of benzene rings is 1. The van der Waals surface area contributed by atoms with Crippen molar-refractivity contribution in [3.63, 3.8) is 0 Å². The van der Waals surface area contributed by atoms with Gasteiger partial charge in [0.2, 0.25) is 0 Å². The van der Waals surface area contributed by atoms with Gasteiger partial charge in [-0.05, 0) is 37.6 Å². The van der Waals surface area contributed by atoms with Gasteiger partial charge >= 0.3 is 0 Å². The summed E-state index contributed by atoms with van der Waals surface area (Å²) in [7, 11) is 1.95. The Balaban J connectivity index is 1.93. The fourth-order valence-electron chi connectivity index (χ4n) is 3.33. The average molecular weight is 327 g/mol. The first kappa shape index (κ1) is 15.2. The maximum Gasteiger partial charge on any atom is 0.137 e. The number of hydrogen-bond acceptors (Lipinski definition) is 3. The third-order valence-electron chi connectivity index (χ3n) is 4.63. The summed E-state index contributed by atoms with van der Waals surface area (Å²) in [5.74, 6) is 0. The summed E-state index contributed by atoms with van der Waals surface area (Å²) in [5, 5.41) is 14.7. The van der Waals surface area contributed by atoms with Crippen LogP contribution >= 0.6 is 0 Å². The van der Waals surface area contributed by atoms with Crippen molar-refractivity contribution in [2.45, 2.75) is 13.8 Å². The van der Waals surface area contributed by atoms with E-state index in [1.807, 2.05) is 55.3 Å². The van der Waals surface area contributed by atoms with E-state index in [4.69, 9.17) is 5.26 Å². The van der Waals surface area contributed by atoms with Crippen molar-refractivity contribution in [1.82, 2.24) is 19.7 Å². The molecule has 0 unspecified atom stereocenters. The van der Waals surface area contributed by atoms with Crippen LogP contribution in [0.3, 0.4) is 0 Å². The van der Waals surface area contributed by atoms with Crippen LogP contribution in [-0.4, -0.2) is 19.7 Å². The number of nitriles is 1. The lowest BCUT2D eigenvalue weighted by Gasteiger charge is -2.04. The molecule has 4 aromatic rings. The first-order valence-electron chi connectivity index (χ1n) is 8.06. The first-order valence-corrected chi connectivity index (χ1v) is 8.06. The number of pyridine rings is 1. The molecule has 1 N–H and O–H groups in total. The number of aromatic nitrogens is 4. The largest absolute Gasteiger partial charge is 0.346 e. The molecule has 0 aliphatic rings. The van der Waals surface area contributed by atoms with Gasteiger partial charge in [0.05, 0.1) is 17.3 Å². The number of rotatable bonds is 2. The van der Waals surface area contributed by atoms with Gasteiger partial charge in [0.25, 0.3) is 0 Å². The maximum absolute atomic E-state index is 9.15. The van der Waals surface area contributed by atoms with Crippen molar-refractivity contribution in [3.05, 3.63) is 59.7 Å². The molecule has 0 aliphatic heterocycles. The molecule has 0 atom stereocenters.